The smallest absolute Gasteiger partial charge is 0.338 e. The molecule has 0 aliphatic rings. The van der Waals surface area contributed by atoms with E-state index in [1.54, 1.807) is 22.8 Å². The Morgan fingerprint density at radius 3 is 2.71 bits per heavy atom. The molecule has 0 unspecified atom stereocenters. The molecular weight excluding hydrogens is 274 g/mol. The first-order valence-electron chi connectivity index (χ1n) is 6.44. The summed E-state index contributed by atoms with van der Waals surface area (Å²) in [5.41, 5.74) is 1.06. The lowest BCUT2D eigenvalue weighted by molar-refractivity contribution is -0.130. The van der Waals surface area contributed by atoms with Crippen molar-refractivity contribution >= 4 is 11.9 Å². The molecule has 0 aromatic carbocycles. The minimum absolute atomic E-state index is 0.0384. The van der Waals surface area contributed by atoms with Gasteiger partial charge in [0.15, 0.2) is 0 Å². The molecule has 0 saturated heterocycles. The van der Waals surface area contributed by atoms with Crippen molar-refractivity contribution in [3.05, 3.63) is 35.9 Å². The molecule has 21 heavy (non-hydrogen) atoms. The number of carboxylic acid groups (broad SMARTS) is 1. The molecule has 0 aliphatic heterocycles. The number of hydrogen-bond donors (Lipinski definition) is 1. The van der Waals surface area contributed by atoms with Crippen LogP contribution in [0.25, 0.3) is 0 Å². The van der Waals surface area contributed by atoms with Gasteiger partial charge in [0, 0.05) is 39.5 Å². The van der Waals surface area contributed by atoms with Gasteiger partial charge in [-0.25, -0.2) is 4.79 Å². The monoisotopic (exact) mass is 291 g/mol. The van der Waals surface area contributed by atoms with Gasteiger partial charge in [-0.05, 0) is 6.07 Å². The van der Waals surface area contributed by atoms with Crippen LogP contribution >= 0.6 is 0 Å². The summed E-state index contributed by atoms with van der Waals surface area (Å²) in [4.78, 5) is 24.4. The molecule has 2 rings (SSSR count). The fourth-order valence-corrected chi connectivity index (χ4v) is 1.88. The normalized spacial score (nSPS) is 10.6. The Balaban J connectivity index is 1.86. The van der Waals surface area contributed by atoms with E-state index in [0.29, 0.717) is 13.1 Å². The van der Waals surface area contributed by atoms with Gasteiger partial charge in [0.1, 0.15) is 0 Å². The van der Waals surface area contributed by atoms with Crippen molar-refractivity contribution < 1.29 is 14.7 Å². The van der Waals surface area contributed by atoms with Crippen molar-refractivity contribution in [2.75, 3.05) is 7.05 Å². The van der Waals surface area contributed by atoms with Gasteiger partial charge in [-0.1, -0.05) is 0 Å². The van der Waals surface area contributed by atoms with Gasteiger partial charge in [-0.2, -0.15) is 10.2 Å². The predicted molar refractivity (Wildman–Crippen MR) is 73.5 cm³/mol. The lowest BCUT2D eigenvalue weighted by Crippen LogP contribution is -2.28. The summed E-state index contributed by atoms with van der Waals surface area (Å²) in [7, 11) is 3.55. The lowest BCUT2D eigenvalue weighted by atomic mass is 10.3. The third-order valence-electron chi connectivity index (χ3n) is 3.18. The molecule has 1 N–H and O–H groups in total. The Morgan fingerprint density at radius 1 is 1.38 bits per heavy atom. The Morgan fingerprint density at radius 2 is 2.14 bits per heavy atom. The van der Waals surface area contributed by atoms with Crippen molar-refractivity contribution in [3.8, 4) is 0 Å². The second-order valence-electron chi connectivity index (χ2n) is 4.74. The maximum atomic E-state index is 12.0. The first-order valence-corrected chi connectivity index (χ1v) is 6.44. The highest BCUT2D eigenvalue weighted by molar-refractivity contribution is 5.86. The zero-order valence-electron chi connectivity index (χ0n) is 11.9. The Hall–Kier alpha value is -2.64. The number of rotatable bonds is 6. The second-order valence-corrected chi connectivity index (χ2v) is 4.74. The summed E-state index contributed by atoms with van der Waals surface area (Å²) in [6.07, 6.45) is 4.63. The van der Waals surface area contributed by atoms with Gasteiger partial charge >= 0.3 is 5.97 Å². The molecule has 0 aliphatic carbocycles. The first-order chi connectivity index (χ1) is 9.97. The molecule has 0 spiro atoms. The van der Waals surface area contributed by atoms with E-state index >= 15 is 0 Å². The van der Waals surface area contributed by atoms with E-state index in [-0.39, 0.29) is 17.9 Å². The Kier molecular flexibility index (Phi) is 4.36. The van der Waals surface area contributed by atoms with Gasteiger partial charge in [0.2, 0.25) is 5.91 Å². The van der Waals surface area contributed by atoms with E-state index in [1.165, 1.54) is 17.1 Å². The molecule has 8 nitrogen and oxygen atoms in total. The highest BCUT2D eigenvalue weighted by Gasteiger charge is 2.12. The minimum Gasteiger partial charge on any atom is -0.478 e. The van der Waals surface area contributed by atoms with Crippen molar-refractivity contribution in [2.24, 2.45) is 7.05 Å². The number of carbonyl (C=O) groups is 2. The molecule has 2 aromatic heterocycles. The SMILES string of the molecule is CN(Cc1ccnn1C)C(=O)CCn1cc(C(=O)O)cn1. The molecule has 112 valence electrons. The zero-order chi connectivity index (χ0) is 15.4. The van der Waals surface area contributed by atoms with Gasteiger partial charge in [-0.3, -0.25) is 14.2 Å². The lowest BCUT2D eigenvalue weighted by Gasteiger charge is -2.17. The molecule has 2 aromatic rings. The van der Waals surface area contributed by atoms with Crippen LogP contribution in [-0.2, 0) is 24.9 Å². The first kappa shape index (κ1) is 14.8. The van der Waals surface area contributed by atoms with Gasteiger partial charge in [0.25, 0.3) is 0 Å². The number of carboxylic acids is 1. The highest BCUT2D eigenvalue weighted by Crippen LogP contribution is 2.04. The van der Waals surface area contributed by atoms with E-state index in [2.05, 4.69) is 10.2 Å². The second kappa shape index (κ2) is 6.21. The molecule has 2 heterocycles. The van der Waals surface area contributed by atoms with Crippen LogP contribution < -0.4 is 0 Å². The van der Waals surface area contributed by atoms with Crippen molar-refractivity contribution in [2.45, 2.75) is 19.5 Å². The van der Waals surface area contributed by atoms with Crippen LogP contribution in [0.1, 0.15) is 22.5 Å². The summed E-state index contributed by atoms with van der Waals surface area (Å²) in [6.45, 7) is 0.830. The average molecular weight is 291 g/mol. The molecule has 0 atom stereocenters. The predicted octanol–water partition coefficient (Wildman–Crippen LogP) is 0.363. The zero-order valence-corrected chi connectivity index (χ0v) is 11.9. The van der Waals surface area contributed by atoms with Crippen LogP contribution in [0.5, 0.6) is 0 Å². The van der Waals surface area contributed by atoms with Crippen LogP contribution in [-0.4, -0.2) is 48.5 Å². The van der Waals surface area contributed by atoms with Crippen molar-refractivity contribution in [3.63, 3.8) is 0 Å². The summed E-state index contributed by atoms with van der Waals surface area (Å²) in [5, 5.41) is 16.8. The van der Waals surface area contributed by atoms with Crippen LogP contribution in [0.15, 0.2) is 24.7 Å². The van der Waals surface area contributed by atoms with E-state index in [0.717, 1.165) is 5.69 Å². The van der Waals surface area contributed by atoms with Crippen LogP contribution in [0.4, 0.5) is 0 Å². The largest absolute Gasteiger partial charge is 0.478 e. The molecule has 0 radical (unpaired) electrons. The van der Waals surface area contributed by atoms with Crippen molar-refractivity contribution in [1.82, 2.24) is 24.5 Å². The summed E-state index contributed by atoms with van der Waals surface area (Å²) in [5.74, 6) is -1.07. The number of hydrogen-bond acceptors (Lipinski definition) is 4. The number of aromatic nitrogens is 4. The van der Waals surface area contributed by atoms with E-state index < -0.39 is 5.97 Å². The standard InChI is InChI=1S/C13H17N5O3/c1-16(9-11-3-5-14-17(11)2)12(19)4-6-18-8-10(7-15-18)13(20)21/h3,5,7-8H,4,6,9H2,1-2H3,(H,20,21). The van der Waals surface area contributed by atoms with Gasteiger partial charge in [0.05, 0.1) is 24.0 Å². The number of nitrogens with zero attached hydrogens (tertiary/aromatic N) is 5. The Bertz CT molecular complexity index is 646. The van der Waals surface area contributed by atoms with Crippen molar-refractivity contribution in [1.29, 1.82) is 0 Å². The van der Waals surface area contributed by atoms with E-state index in [1.807, 2.05) is 13.1 Å². The summed E-state index contributed by atoms with van der Waals surface area (Å²) >= 11 is 0. The maximum Gasteiger partial charge on any atom is 0.338 e. The van der Waals surface area contributed by atoms with Gasteiger partial charge in [-0.15, -0.1) is 0 Å². The quantitative estimate of drug-likeness (QED) is 0.829. The minimum atomic E-state index is -1.03. The van der Waals surface area contributed by atoms with E-state index in [9.17, 15) is 9.59 Å². The van der Waals surface area contributed by atoms with Crippen LogP contribution in [0, 0.1) is 0 Å². The number of aryl methyl sites for hydroxylation is 2. The van der Waals surface area contributed by atoms with Gasteiger partial charge < -0.3 is 10.0 Å². The van der Waals surface area contributed by atoms with Crippen LogP contribution in [0.2, 0.25) is 0 Å². The van der Waals surface area contributed by atoms with Crippen LogP contribution in [0.3, 0.4) is 0 Å². The number of amides is 1. The topological polar surface area (TPSA) is 93.2 Å². The third-order valence-corrected chi connectivity index (χ3v) is 3.18. The fraction of sp³-hybridized carbons (Fsp3) is 0.385. The number of aromatic carboxylic acids is 1. The third kappa shape index (κ3) is 3.68. The van der Waals surface area contributed by atoms with E-state index in [4.69, 9.17) is 5.11 Å². The molecule has 8 heteroatoms. The molecule has 0 saturated carbocycles. The maximum absolute atomic E-state index is 12.0. The number of carbonyl (C=O) groups excluding carboxylic acids is 1. The summed E-state index contributed by atoms with van der Waals surface area (Å²) < 4.78 is 3.18. The summed E-state index contributed by atoms with van der Waals surface area (Å²) in [6, 6.07) is 1.86. The average Bonchev–Trinajstić information content (AvgIpc) is 3.06. The molecular formula is C13H17N5O3. The molecule has 0 fully saturated rings. The highest BCUT2D eigenvalue weighted by atomic mass is 16.4. The fourth-order valence-electron chi connectivity index (χ4n) is 1.88. The molecule has 0 bridgehead atoms. The Labute approximate surface area is 121 Å². The molecule has 1 amide bonds.